The number of aromatic nitrogens is 1. The van der Waals surface area contributed by atoms with Crippen LogP contribution in [0.4, 0.5) is 0 Å². The van der Waals surface area contributed by atoms with Gasteiger partial charge in [-0.1, -0.05) is 20.3 Å². The second-order valence-corrected chi connectivity index (χ2v) is 4.22. The van der Waals surface area contributed by atoms with Crippen molar-refractivity contribution in [3.8, 4) is 5.88 Å². The fraction of sp³-hybridized carbons (Fsp3) is 0.643. The average Bonchev–Trinajstić information content (AvgIpc) is 2.38. The summed E-state index contributed by atoms with van der Waals surface area (Å²) >= 11 is 0. The maximum absolute atomic E-state index is 5.67. The SMILES string of the molecule is CCCOCCOc1cc(CN)cc(CCC)n1. The van der Waals surface area contributed by atoms with Gasteiger partial charge in [0, 0.05) is 24.9 Å². The van der Waals surface area contributed by atoms with Crippen molar-refractivity contribution in [3.05, 3.63) is 23.4 Å². The van der Waals surface area contributed by atoms with E-state index in [2.05, 4.69) is 18.8 Å². The van der Waals surface area contributed by atoms with Crippen molar-refractivity contribution >= 4 is 0 Å². The molecule has 1 aromatic rings. The smallest absolute Gasteiger partial charge is 0.213 e. The number of hydrogen-bond acceptors (Lipinski definition) is 4. The zero-order valence-electron chi connectivity index (χ0n) is 11.4. The van der Waals surface area contributed by atoms with Crippen LogP contribution >= 0.6 is 0 Å². The lowest BCUT2D eigenvalue weighted by atomic mass is 10.1. The highest BCUT2D eigenvalue weighted by Gasteiger charge is 2.02. The predicted molar refractivity (Wildman–Crippen MR) is 72.7 cm³/mol. The first-order valence-electron chi connectivity index (χ1n) is 6.70. The van der Waals surface area contributed by atoms with Crippen LogP contribution < -0.4 is 10.5 Å². The molecule has 0 amide bonds. The molecule has 0 aliphatic rings. The minimum atomic E-state index is 0.516. The zero-order valence-corrected chi connectivity index (χ0v) is 11.4. The molecule has 102 valence electrons. The van der Waals surface area contributed by atoms with Crippen molar-refractivity contribution in [1.82, 2.24) is 4.98 Å². The lowest BCUT2D eigenvalue weighted by Crippen LogP contribution is -2.09. The Labute approximate surface area is 110 Å². The lowest BCUT2D eigenvalue weighted by molar-refractivity contribution is 0.0989. The number of aryl methyl sites for hydroxylation is 1. The van der Waals surface area contributed by atoms with Crippen molar-refractivity contribution in [2.45, 2.75) is 39.7 Å². The van der Waals surface area contributed by atoms with Crippen LogP contribution in [0.3, 0.4) is 0 Å². The van der Waals surface area contributed by atoms with Crippen LogP contribution in [-0.4, -0.2) is 24.8 Å². The molecule has 0 unspecified atom stereocenters. The number of hydrogen-bond donors (Lipinski definition) is 1. The number of ether oxygens (including phenoxy) is 2. The van der Waals surface area contributed by atoms with E-state index in [1.807, 2.05) is 12.1 Å². The molecule has 0 spiro atoms. The fourth-order valence-corrected chi connectivity index (χ4v) is 1.65. The molecule has 1 rings (SSSR count). The van der Waals surface area contributed by atoms with Gasteiger partial charge in [-0.15, -0.1) is 0 Å². The summed E-state index contributed by atoms with van der Waals surface area (Å²) in [6, 6.07) is 3.95. The highest BCUT2D eigenvalue weighted by atomic mass is 16.5. The van der Waals surface area contributed by atoms with Crippen molar-refractivity contribution in [3.63, 3.8) is 0 Å². The third kappa shape index (κ3) is 5.47. The Bertz CT molecular complexity index is 343. The van der Waals surface area contributed by atoms with Crippen molar-refractivity contribution < 1.29 is 9.47 Å². The van der Waals surface area contributed by atoms with Crippen LogP contribution in [0.5, 0.6) is 5.88 Å². The molecule has 1 heterocycles. The molecular weight excluding hydrogens is 228 g/mol. The van der Waals surface area contributed by atoms with Crippen LogP contribution in [0.15, 0.2) is 12.1 Å². The predicted octanol–water partition coefficient (Wildman–Crippen LogP) is 2.30. The van der Waals surface area contributed by atoms with Crippen molar-refractivity contribution in [2.24, 2.45) is 5.73 Å². The minimum absolute atomic E-state index is 0.516. The normalized spacial score (nSPS) is 10.6. The molecule has 1 aromatic heterocycles. The first kappa shape index (κ1) is 14.9. The molecule has 0 atom stereocenters. The maximum atomic E-state index is 5.67. The quantitative estimate of drug-likeness (QED) is 0.685. The van der Waals surface area contributed by atoms with Gasteiger partial charge in [0.05, 0.1) is 6.61 Å². The molecule has 0 radical (unpaired) electrons. The average molecular weight is 252 g/mol. The molecule has 0 saturated carbocycles. The Hall–Kier alpha value is -1.13. The minimum Gasteiger partial charge on any atom is -0.475 e. The van der Waals surface area contributed by atoms with Crippen LogP contribution in [0, 0.1) is 0 Å². The Balaban J connectivity index is 2.50. The molecule has 0 aromatic carbocycles. The summed E-state index contributed by atoms with van der Waals surface area (Å²) in [5.41, 5.74) is 7.78. The zero-order chi connectivity index (χ0) is 13.2. The van der Waals surface area contributed by atoms with Gasteiger partial charge in [-0.2, -0.15) is 0 Å². The standard InChI is InChI=1S/C14H24N2O2/c1-3-5-13-9-12(11-15)10-14(16-13)18-8-7-17-6-4-2/h9-10H,3-8,11,15H2,1-2H3. The lowest BCUT2D eigenvalue weighted by Gasteiger charge is -2.09. The summed E-state index contributed by atoms with van der Waals surface area (Å²) < 4.78 is 11.0. The van der Waals surface area contributed by atoms with E-state index >= 15 is 0 Å². The molecule has 0 bridgehead atoms. The van der Waals surface area contributed by atoms with Gasteiger partial charge in [-0.05, 0) is 24.5 Å². The Morgan fingerprint density at radius 1 is 1.11 bits per heavy atom. The van der Waals surface area contributed by atoms with Gasteiger partial charge in [-0.3, -0.25) is 0 Å². The van der Waals surface area contributed by atoms with Gasteiger partial charge in [0.15, 0.2) is 0 Å². The third-order valence-corrected chi connectivity index (χ3v) is 2.48. The summed E-state index contributed by atoms with van der Waals surface area (Å²) in [5, 5.41) is 0. The second-order valence-electron chi connectivity index (χ2n) is 4.22. The van der Waals surface area contributed by atoms with Gasteiger partial charge in [0.1, 0.15) is 6.61 Å². The number of nitrogens with two attached hydrogens (primary N) is 1. The van der Waals surface area contributed by atoms with Crippen molar-refractivity contribution in [2.75, 3.05) is 19.8 Å². The third-order valence-electron chi connectivity index (χ3n) is 2.48. The molecule has 4 heteroatoms. The van der Waals surface area contributed by atoms with E-state index in [-0.39, 0.29) is 0 Å². The Kier molecular flexibility index (Phi) is 7.37. The van der Waals surface area contributed by atoms with E-state index in [0.29, 0.717) is 25.6 Å². The summed E-state index contributed by atoms with van der Waals surface area (Å²) in [7, 11) is 0. The second kappa shape index (κ2) is 8.89. The van der Waals surface area contributed by atoms with Gasteiger partial charge in [-0.25, -0.2) is 4.98 Å². The van der Waals surface area contributed by atoms with E-state index in [0.717, 1.165) is 37.1 Å². The molecule has 4 nitrogen and oxygen atoms in total. The summed E-state index contributed by atoms with van der Waals surface area (Å²) in [6.07, 6.45) is 3.05. The summed E-state index contributed by atoms with van der Waals surface area (Å²) in [4.78, 5) is 4.46. The topological polar surface area (TPSA) is 57.4 Å². The molecular formula is C14H24N2O2. The molecule has 0 aliphatic heterocycles. The molecule has 18 heavy (non-hydrogen) atoms. The molecule has 0 saturated heterocycles. The van der Waals surface area contributed by atoms with Gasteiger partial charge in [0.25, 0.3) is 0 Å². The van der Waals surface area contributed by atoms with Crippen LogP contribution in [0.2, 0.25) is 0 Å². The van der Waals surface area contributed by atoms with Crippen LogP contribution in [0.25, 0.3) is 0 Å². The molecule has 0 aliphatic carbocycles. The maximum Gasteiger partial charge on any atom is 0.213 e. The van der Waals surface area contributed by atoms with Gasteiger partial charge < -0.3 is 15.2 Å². The molecule has 2 N–H and O–H groups in total. The largest absolute Gasteiger partial charge is 0.475 e. The summed E-state index contributed by atoms with van der Waals surface area (Å²) in [5.74, 6) is 0.654. The first-order chi connectivity index (χ1) is 8.80. The monoisotopic (exact) mass is 252 g/mol. The van der Waals surface area contributed by atoms with E-state index in [9.17, 15) is 0 Å². The number of pyridine rings is 1. The van der Waals surface area contributed by atoms with E-state index < -0.39 is 0 Å². The highest BCUT2D eigenvalue weighted by molar-refractivity contribution is 5.25. The number of nitrogens with zero attached hydrogens (tertiary/aromatic N) is 1. The van der Waals surface area contributed by atoms with E-state index in [4.69, 9.17) is 15.2 Å². The van der Waals surface area contributed by atoms with Gasteiger partial charge in [0.2, 0.25) is 5.88 Å². The Morgan fingerprint density at radius 3 is 2.61 bits per heavy atom. The fourth-order valence-electron chi connectivity index (χ4n) is 1.65. The van der Waals surface area contributed by atoms with Crippen LogP contribution in [0.1, 0.15) is 37.9 Å². The molecule has 0 fully saturated rings. The van der Waals surface area contributed by atoms with E-state index in [1.165, 1.54) is 0 Å². The van der Waals surface area contributed by atoms with Gasteiger partial charge >= 0.3 is 0 Å². The van der Waals surface area contributed by atoms with Crippen LogP contribution in [-0.2, 0) is 17.7 Å². The number of rotatable bonds is 9. The Morgan fingerprint density at radius 2 is 1.94 bits per heavy atom. The van der Waals surface area contributed by atoms with E-state index in [1.54, 1.807) is 0 Å². The first-order valence-corrected chi connectivity index (χ1v) is 6.70. The highest BCUT2D eigenvalue weighted by Crippen LogP contribution is 2.13. The van der Waals surface area contributed by atoms with Crippen molar-refractivity contribution in [1.29, 1.82) is 0 Å². The summed E-state index contributed by atoms with van der Waals surface area (Å²) in [6.45, 7) is 6.65.